The molecule has 0 amide bonds. The molecular formula is C18H18N2O4. The molecule has 2 aliphatic rings. The van der Waals surface area contributed by atoms with Crippen LogP contribution in [0.25, 0.3) is 0 Å². The Morgan fingerprint density at radius 2 is 1.33 bits per heavy atom. The molecule has 2 heterocycles. The molecule has 0 spiro atoms. The molecule has 4 N–H and O–H groups in total. The number of hydrogen-bond donors (Lipinski definition) is 4. The normalized spacial score (nSPS) is 13.7. The average molecular weight is 326 g/mol. The smallest absolute Gasteiger partial charge is 0.335 e. The summed E-state index contributed by atoms with van der Waals surface area (Å²) in [5, 5.41) is 23.7. The van der Waals surface area contributed by atoms with Crippen LogP contribution in [0, 0.1) is 0 Å². The number of carboxylic acids is 2. The van der Waals surface area contributed by atoms with E-state index in [2.05, 4.69) is 10.6 Å². The number of aromatic carboxylic acids is 2. The van der Waals surface area contributed by atoms with Gasteiger partial charge in [0.25, 0.3) is 0 Å². The summed E-state index contributed by atoms with van der Waals surface area (Å²) in [5.41, 5.74) is 5.07. The highest BCUT2D eigenvalue weighted by molar-refractivity contribution is 5.89. The lowest BCUT2D eigenvalue weighted by Crippen LogP contribution is -1.97. The number of carboxylic acid groups (broad SMARTS) is 2. The van der Waals surface area contributed by atoms with Crippen LogP contribution in [-0.2, 0) is 12.8 Å². The third-order valence-electron chi connectivity index (χ3n) is 4.13. The monoisotopic (exact) mass is 326 g/mol. The van der Waals surface area contributed by atoms with Crippen LogP contribution in [0.4, 0.5) is 11.4 Å². The van der Waals surface area contributed by atoms with Crippen LogP contribution in [-0.4, -0.2) is 35.2 Å². The van der Waals surface area contributed by atoms with E-state index >= 15 is 0 Å². The topological polar surface area (TPSA) is 98.7 Å². The van der Waals surface area contributed by atoms with Gasteiger partial charge in [-0.25, -0.2) is 9.59 Å². The fraction of sp³-hybridized carbons (Fsp3) is 0.222. The van der Waals surface area contributed by atoms with E-state index in [4.69, 9.17) is 10.2 Å². The van der Waals surface area contributed by atoms with Crippen LogP contribution in [0.3, 0.4) is 0 Å². The predicted octanol–water partition coefficient (Wildman–Crippen LogP) is 2.71. The zero-order valence-corrected chi connectivity index (χ0v) is 13.0. The van der Waals surface area contributed by atoms with Crippen molar-refractivity contribution >= 4 is 23.3 Å². The number of nitrogens with one attached hydrogen (secondary N) is 2. The van der Waals surface area contributed by atoms with Crippen molar-refractivity contribution in [2.75, 3.05) is 23.7 Å². The van der Waals surface area contributed by atoms with Crippen LogP contribution < -0.4 is 10.6 Å². The Hall–Kier alpha value is -3.02. The summed E-state index contributed by atoms with van der Waals surface area (Å²) in [4.78, 5) is 21.2. The molecule has 0 aliphatic carbocycles. The number of benzene rings is 2. The summed E-state index contributed by atoms with van der Waals surface area (Å²) in [6.45, 7) is 1.83. The maximum absolute atomic E-state index is 10.6. The first kappa shape index (κ1) is 15.9. The quantitative estimate of drug-likeness (QED) is 0.677. The molecule has 4 rings (SSSR count). The Balaban J connectivity index is 0.000000141. The number of rotatable bonds is 2. The third kappa shape index (κ3) is 3.32. The third-order valence-corrected chi connectivity index (χ3v) is 4.13. The highest BCUT2D eigenvalue weighted by Crippen LogP contribution is 2.23. The molecule has 0 saturated carbocycles. The molecular weight excluding hydrogens is 308 g/mol. The van der Waals surface area contributed by atoms with Crippen molar-refractivity contribution in [2.45, 2.75) is 12.8 Å². The summed E-state index contributed by atoms with van der Waals surface area (Å²) in [7, 11) is 0. The van der Waals surface area contributed by atoms with Crippen molar-refractivity contribution in [3.05, 3.63) is 58.7 Å². The number of anilines is 2. The zero-order valence-electron chi connectivity index (χ0n) is 13.0. The number of carbonyl (C=O) groups is 2. The van der Waals surface area contributed by atoms with Gasteiger partial charge in [0.2, 0.25) is 0 Å². The molecule has 6 heteroatoms. The largest absolute Gasteiger partial charge is 0.478 e. The molecule has 0 bridgehead atoms. The number of hydrogen-bond acceptors (Lipinski definition) is 4. The van der Waals surface area contributed by atoms with Crippen molar-refractivity contribution < 1.29 is 19.8 Å². The first-order chi connectivity index (χ1) is 11.5. The molecule has 0 radical (unpaired) electrons. The van der Waals surface area contributed by atoms with E-state index < -0.39 is 11.9 Å². The molecule has 0 unspecified atom stereocenters. The van der Waals surface area contributed by atoms with Gasteiger partial charge >= 0.3 is 11.9 Å². The van der Waals surface area contributed by atoms with Gasteiger partial charge in [-0.2, -0.15) is 0 Å². The van der Waals surface area contributed by atoms with Crippen molar-refractivity contribution in [1.82, 2.24) is 0 Å². The standard InChI is InChI=1S/2C9H9NO2/c11-9(12)7-1-2-8-6(5-7)3-4-10-8;11-9(12)7-2-1-6-3-4-10-8(6)5-7/h2*1-2,5,10H,3-4H2,(H,11,12). The van der Waals surface area contributed by atoms with Crippen molar-refractivity contribution in [3.63, 3.8) is 0 Å². The van der Waals surface area contributed by atoms with E-state index in [0.717, 1.165) is 42.9 Å². The van der Waals surface area contributed by atoms with E-state index in [1.54, 1.807) is 24.3 Å². The Labute approximate surface area is 139 Å². The van der Waals surface area contributed by atoms with E-state index in [1.165, 1.54) is 5.56 Å². The molecule has 24 heavy (non-hydrogen) atoms. The van der Waals surface area contributed by atoms with Crippen molar-refractivity contribution in [1.29, 1.82) is 0 Å². The van der Waals surface area contributed by atoms with Crippen LogP contribution in [0.5, 0.6) is 0 Å². The molecule has 0 fully saturated rings. The van der Waals surface area contributed by atoms with Gasteiger partial charge in [-0.1, -0.05) is 6.07 Å². The van der Waals surface area contributed by atoms with Crippen molar-refractivity contribution in [3.8, 4) is 0 Å². The van der Waals surface area contributed by atoms with E-state index in [-0.39, 0.29) is 0 Å². The maximum Gasteiger partial charge on any atom is 0.335 e. The minimum Gasteiger partial charge on any atom is -0.478 e. The molecule has 0 saturated heterocycles. The van der Waals surface area contributed by atoms with E-state index in [0.29, 0.717) is 11.1 Å². The molecule has 2 aromatic carbocycles. The lowest BCUT2D eigenvalue weighted by Gasteiger charge is -2.00. The van der Waals surface area contributed by atoms with Crippen LogP contribution in [0.1, 0.15) is 31.8 Å². The maximum atomic E-state index is 10.6. The molecule has 2 aromatic rings. The van der Waals surface area contributed by atoms with E-state index in [1.807, 2.05) is 12.1 Å². The molecule has 124 valence electrons. The Kier molecular flexibility index (Phi) is 4.37. The SMILES string of the molecule is O=C(O)c1ccc2c(c1)CCN2.O=C(O)c1ccc2c(c1)NCC2. The second kappa shape index (κ2) is 6.62. The lowest BCUT2D eigenvalue weighted by atomic mass is 10.1. The summed E-state index contributed by atoms with van der Waals surface area (Å²) < 4.78 is 0. The summed E-state index contributed by atoms with van der Waals surface area (Å²) in [5.74, 6) is -1.73. The van der Waals surface area contributed by atoms with Gasteiger partial charge in [-0.3, -0.25) is 0 Å². The summed E-state index contributed by atoms with van der Waals surface area (Å²) in [6.07, 6.45) is 1.92. The Bertz CT molecular complexity index is 734. The van der Waals surface area contributed by atoms with Gasteiger partial charge in [0.05, 0.1) is 11.1 Å². The average Bonchev–Trinajstić information content (AvgIpc) is 3.22. The minimum absolute atomic E-state index is 0.350. The fourth-order valence-electron chi connectivity index (χ4n) is 2.86. The van der Waals surface area contributed by atoms with Gasteiger partial charge in [0.15, 0.2) is 0 Å². The van der Waals surface area contributed by atoms with Gasteiger partial charge in [0, 0.05) is 24.5 Å². The first-order valence-electron chi connectivity index (χ1n) is 7.75. The van der Waals surface area contributed by atoms with Crippen LogP contribution in [0.15, 0.2) is 36.4 Å². The Morgan fingerprint density at radius 3 is 2.04 bits per heavy atom. The van der Waals surface area contributed by atoms with Crippen LogP contribution >= 0.6 is 0 Å². The predicted molar refractivity (Wildman–Crippen MR) is 91.2 cm³/mol. The summed E-state index contributed by atoms with van der Waals surface area (Å²) in [6, 6.07) is 10.4. The molecule has 6 nitrogen and oxygen atoms in total. The minimum atomic E-state index is -0.869. The second-order valence-electron chi connectivity index (χ2n) is 5.71. The summed E-state index contributed by atoms with van der Waals surface area (Å²) >= 11 is 0. The van der Waals surface area contributed by atoms with Gasteiger partial charge < -0.3 is 20.8 Å². The van der Waals surface area contributed by atoms with Gasteiger partial charge in [-0.15, -0.1) is 0 Å². The highest BCUT2D eigenvalue weighted by atomic mass is 16.4. The zero-order chi connectivity index (χ0) is 17.1. The van der Waals surface area contributed by atoms with Gasteiger partial charge in [0.1, 0.15) is 0 Å². The Morgan fingerprint density at radius 1 is 0.750 bits per heavy atom. The van der Waals surface area contributed by atoms with Crippen molar-refractivity contribution in [2.24, 2.45) is 0 Å². The first-order valence-corrected chi connectivity index (χ1v) is 7.75. The molecule has 0 atom stereocenters. The van der Waals surface area contributed by atoms with Gasteiger partial charge in [-0.05, 0) is 54.3 Å². The highest BCUT2D eigenvalue weighted by Gasteiger charge is 2.13. The van der Waals surface area contributed by atoms with Crippen LogP contribution in [0.2, 0.25) is 0 Å². The van der Waals surface area contributed by atoms with E-state index in [9.17, 15) is 9.59 Å². The lowest BCUT2D eigenvalue weighted by molar-refractivity contribution is 0.0686. The number of fused-ring (bicyclic) bond motifs is 2. The molecule has 2 aliphatic heterocycles. The molecule has 0 aromatic heterocycles. The fourth-order valence-corrected chi connectivity index (χ4v) is 2.86. The second-order valence-corrected chi connectivity index (χ2v) is 5.71.